The topological polar surface area (TPSA) is 56.1 Å². The van der Waals surface area contributed by atoms with Crippen molar-refractivity contribution < 1.29 is 9.53 Å². The quantitative estimate of drug-likeness (QED) is 0.800. The Morgan fingerprint density at radius 1 is 1.26 bits per heavy atom. The van der Waals surface area contributed by atoms with E-state index < -0.39 is 0 Å². The highest BCUT2D eigenvalue weighted by Crippen LogP contribution is 2.29. The first kappa shape index (κ1) is 14.1. The van der Waals surface area contributed by atoms with E-state index in [1.807, 2.05) is 30.3 Å². The van der Waals surface area contributed by atoms with Gasteiger partial charge in [0.05, 0.1) is 24.2 Å². The van der Waals surface area contributed by atoms with Crippen molar-refractivity contribution in [3.05, 3.63) is 58.9 Å². The van der Waals surface area contributed by atoms with Crippen LogP contribution in [0.5, 0.6) is 5.75 Å². The van der Waals surface area contributed by atoms with Crippen molar-refractivity contribution in [1.29, 1.82) is 0 Å². The van der Waals surface area contributed by atoms with Gasteiger partial charge in [0.2, 0.25) is 0 Å². The van der Waals surface area contributed by atoms with Crippen LogP contribution >= 0.6 is 11.6 Å². The Kier molecular flexibility index (Phi) is 3.23. The average Bonchev–Trinajstić information content (AvgIpc) is 3.06. The van der Waals surface area contributed by atoms with Crippen molar-refractivity contribution in [2.75, 3.05) is 7.11 Å². The van der Waals surface area contributed by atoms with Gasteiger partial charge in [0.25, 0.3) is 0 Å². The molecular formula is C17H14ClN3O2. The second-order valence-electron chi connectivity index (χ2n) is 5.49. The summed E-state index contributed by atoms with van der Waals surface area (Å²) < 4.78 is 6.77. The molecule has 116 valence electrons. The Hall–Kier alpha value is -2.53. The van der Waals surface area contributed by atoms with E-state index in [2.05, 4.69) is 10.3 Å². The molecule has 1 atom stereocenters. The number of nitrogens with one attached hydrogen (secondary N) is 1. The summed E-state index contributed by atoms with van der Waals surface area (Å²) >= 11 is 6.04. The second kappa shape index (κ2) is 5.28. The fourth-order valence-electron chi connectivity index (χ4n) is 2.93. The molecule has 0 unspecified atom stereocenters. The summed E-state index contributed by atoms with van der Waals surface area (Å²) in [7, 11) is 1.64. The number of nitrogens with zero attached hydrogens (tertiary/aromatic N) is 2. The smallest absolute Gasteiger partial charge is 0.328 e. The van der Waals surface area contributed by atoms with Crippen molar-refractivity contribution in [1.82, 2.24) is 14.9 Å². The number of halogens is 1. The van der Waals surface area contributed by atoms with Crippen LogP contribution in [0, 0.1) is 0 Å². The molecule has 1 N–H and O–H groups in total. The fraction of sp³-hybridized carbons (Fsp3) is 0.176. The summed E-state index contributed by atoms with van der Waals surface area (Å²) in [6.07, 6.45) is 0.673. The van der Waals surface area contributed by atoms with Crippen LogP contribution in [-0.2, 0) is 6.42 Å². The zero-order valence-corrected chi connectivity index (χ0v) is 13.2. The minimum atomic E-state index is -0.164. The van der Waals surface area contributed by atoms with Gasteiger partial charge in [-0.15, -0.1) is 0 Å². The van der Waals surface area contributed by atoms with Gasteiger partial charge >= 0.3 is 6.03 Å². The van der Waals surface area contributed by atoms with E-state index in [1.54, 1.807) is 23.8 Å². The number of carbonyl (C=O) groups is 1. The fourth-order valence-corrected chi connectivity index (χ4v) is 3.10. The maximum absolute atomic E-state index is 12.3. The van der Waals surface area contributed by atoms with Crippen LogP contribution in [0.2, 0.25) is 5.02 Å². The lowest BCUT2D eigenvalue weighted by molar-refractivity contribution is 0.245. The highest BCUT2D eigenvalue weighted by molar-refractivity contribution is 6.31. The lowest BCUT2D eigenvalue weighted by Gasteiger charge is -2.09. The van der Waals surface area contributed by atoms with Crippen LogP contribution < -0.4 is 10.1 Å². The first-order valence-corrected chi connectivity index (χ1v) is 7.65. The third kappa shape index (κ3) is 2.33. The summed E-state index contributed by atoms with van der Waals surface area (Å²) in [6, 6.07) is 12.9. The molecule has 0 saturated heterocycles. The van der Waals surface area contributed by atoms with Crippen molar-refractivity contribution in [3.8, 4) is 5.75 Å². The third-order valence-electron chi connectivity index (χ3n) is 4.05. The Morgan fingerprint density at radius 2 is 2.04 bits per heavy atom. The molecule has 5 nitrogen and oxygen atoms in total. The molecule has 2 heterocycles. The number of fused-ring (bicyclic) bond motifs is 3. The number of ether oxygens (including phenoxy) is 1. The Balaban J connectivity index is 1.70. The van der Waals surface area contributed by atoms with Crippen molar-refractivity contribution in [2.24, 2.45) is 0 Å². The zero-order valence-electron chi connectivity index (χ0n) is 12.4. The molecule has 0 aliphatic carbocycles. The normalized spacial score (nSPS) is 16.4. The standard InChI is InChI=1S/C17H14ClN3O2/c1-23-12-5-2-10(3-6-12)8-14-16-19-13-7-4-11(18)9-15(13)21(16)17(22)20-14/h2-7,9,14H,8H2,1H3,(H,20,22)/t14-/m1/s1. The predicted molar refractivity (Wildman–Crippen MR) is 88.1 cm³/mol. The van der Waals surface area contributed by atoms with Gasteiger partial charge in [-0.3, -0.25) is 0 Å². The number of amides is 1. The SMILES string of the molecule is COc1ccc(C[C@H]2NC(=O)n3c2nc2ccc(Cl)cc23)cc1. The number of carbonyl (C=O) groups excluding carboxylic acids is 1. The summed E-state index contributed by atoms with van der Waals surface area (Å²) in [6.45, 7) is 0. The van der Waals surface area contributed by atoms with Gasteiger partial charge in [0, 0.05) is 5.02 Å². The van der Waals surface area contributed by atoms with Gasteiger partial charge < -0.3 is 10.1 Å². The van der Waals surface area contributed by atoms with Gasteiger partial charge in [-0.25, -0.2) is 14.3 Å². The number of imidazole rings is 1. The van der Waals surface area contributed by atoms with E-state index in [0.717, 1.165) is 28.2 Å². The Bertz CT molecular complexity index is 902. The second-order valence-corrected chi connectivity index (χ2v) is 5.93. The maximum atomic E-state index is 12.3. The molecule has 2 aromatic carbocycles. The molecule has 1 amide bonds. The van der Waals surface area contributed by atoms with Crippen molar-refractivity contribution in [3.63, 3.8) is 0 Å². The van der Waals surface area contributed by atoms with E-state index in [4.69, 9.17) is 16.3 Å². The van der Waals surface area contributed by atoms with Gasteiger partial charge in [-0.05, 0) is 42.3 Å². The molecule has 0 radical (unpaired) electrons. The summed E-state index contributed by atoms with van der Waals surface area (Å²) in [5.74, 6) is 1.54. The van der Waals surface area contributed by atoms with Crippen LogP contribution in [0.25, 0.3) is 11.0 Å². The largest absolute Gasteiger partial charge is 0.497 e. The summed E-state index contributed by atoms with van der Waals surface area (Å²) in [5, 5.41) is 3.56. The lowest BCUT2D eigenvalue weighted by Crippen LogP contribution is -2.22. The number of benzene rings is 2. The molecule has 0 spiro atoms. The highest BCUT2D eigenvalue weighted by Gasteiger charge is 2.32. The average molecular weight is 328 g/mol. The molecule has 3 aromatic rings. The lowest BCUT2D eigenvalue weighted by atomic mass is 10.1. The van der Waals surface area contributed by atoms with Crippen LogP contribution in [0.1, 0.15) is 17.4 Å². The predicted octanol–water partition coefficient (Wildman–Crippen LogP) is 3.55. The molecule has 1 aliphatic heterocycles. The third-order valence-corrected chi connectivity index (χ3v) is 4.29. The van der Waals surface area contributed by atoms with E-state index in [1.165, 1.54) is 0 Å². The van der Waals surface area contributed by atoms with E-state index >= 15 is 0 Å². The number of rotatable bonds is 3. The first-order valence-electron chi connectivity index (χ1n) is 7.27. The van der Waals surface area contributed by atoms with Crippen LogP contribution in [0.3, 0.4) is 0 Å². The van der Waals surface area contributed by atoms with Gasteiger partial charge in [-0.1, -0.05) is 23.7 Å². The van der Waals surface area contributed by atoms with E-state index in [9.17, 15) is 4.79 Å². The molecule has 0 saturated carbocycles. The molecular weight excluding hydrogens is 314 g/mol. The highest BCUT2D eigenvalue weighted by atomic mass is 35.5. The van der Waals surface area contributed by atoms with Crippen molar-refractivity contribution in [2.45, 2.75) is 12.5 Å². The molecule has 1 aromatic heterocycles. The summed E-state index contributed by atoms with van der Waals surface area (Å²) in [5.41, 5.74) is 2.62. The Morgan fingerprint density at radius 3 is 2.78 bits per heavy atom. The number of hydrogen-bond acceptors (Lipinski definition) is 3. The van der Waals surface area contributed by atoms with Crippen LogP contribution in [-0.4, -0.2) is 22.7 Å². The van der Waals surface area contributed by atoms with E-state index in [0.29, 0.717) is 11.4 Å². The van der Waals surface area contributed by atoms with Crippen LogP contribution in [0.4, 0.5) is 4.79 Å². The molecule has 23 heavy (non-hydrogen) atoms. The van der Waals surface area contributed by atoms with Crippen LogP contribution in [0.15, 0.2) is 42.5 Å². The zero-order chi connectivity index (χ0) is 16.0. The minimum Gasteiger partial charge on any atom is -0.497 e. The number of hydrogen-bond donors (Lipinski definition) is 1. The summed E-state index contributed by atoms with van der Waals surface area (Å²) in [4.78, 5) is 16.9. The minimum absolute atomic E-state index is 0.151. The van der Waals surface area contributed by atoms with Gasteiger partial charge in [0.15, 0.2) is 0 Å². The first-order chi connectivity index (χ1) is 11.2. The van der Waals surface area contributed by atoms with Gasteiger partial charge in [-0.2, -0.15) is 0 Å². The Labute approximate surface area is 137 Å². The molecule has 4 rings (SSSR count). The number of methoxy groups -OCH3 is 1. The van der Waals surface area contributed by atoms with E-state index in [-0.39, 0.29) is 12.1 Å². The molecule has 1 aliphatic rings. The number of aromatic nitrogens is 2. The molecule has 0 bridgehead atoms. The van der Waals surface area contributed by atoms with Gasteiger partial charge in [0.1, 0.15) is 11.6 Å². The maximum Gasteiger partial charge on any atom is 0.328 e. The molecule has 6 heteroatoms. The monoisotopic (exact) mass is 327 g/mol. The van der Waals surface area contributed by atoms with Crippen molar-refractivity contribution >= 4 is 28.7 Å². The molecule has 0 fully saturated rings.